The van der Waals surface area contributed by atoms with E-state index in [1.54, 1.807) is 18.8 Å². The molecule has 0 bridgehead atoms. The fraction of sp³-hybridized carbons (Fsp3) is 0.250. The number of likely N-dealkylation sites (N-methyl/N-ethyl adjacent to an activating group) is 1. The summed E-state index contributed by atoms with van der Waals surface area (Å²) in [6.07, 6.45) is 0.262. The molecule has 0 saturated heterocycles. The first-order valence-corrected chi connectivity index (χ1v) is 11.3. The van der Waals surface area contributed by atoms with Crippen LogP contribution in [-0.4, -0.2) is 52.7 Å². The van der Waals surface area contributed by atoms with E-state index in [1.165, 1.54) is 16.2 Å². The predicted molar refractivity (Wildman–Crippen MR) is 123 cm³/mol. The Balaban J connectivity index is 1.42. The average Bonchev–Trinajstić information content (AvgIpc) is 3.42. The van der Waals surface area contributed by atoms with Crippen LogP contribution in [-0.2, 0) is 20.9 Å². The van der Waals surface area contributed by atoms with Crippen molar-refractivity contribution in [3.63, 3.8) is 0 Å². The van der Waals surface area contributed by atoms with Gasteiger partial charge in [0.1, 0.15) is 12.6 Å². The molecule has 1 aliphatic carbocycles. The van der Waals surface area contributed by atoms with Crippen molar-refractivity contribution in [3.8, 4) is 11.1 Å². The van der Waals surface area contributed by atoms with Gasteiger partial charge in [-0.3, -0.25) is 14.6 Å². The van der Waals surface area contributed by atoms with Crippen LogP contribution in [0.15, 0.2) is 60.2 Å². The van der Waals surface area contributed by atoms with Crippen LogP contribution in [0.25, 0.3) is 11.1 Å². The number of aliphatic carboxylic acids is 1. The van der Waals surface area contributed by atoms with Crippen LogP contribution in [0.5, 0.6) is 0 Å². The summed E-state index contributed by atoms with van der Waals surface area (Å²) in [5.41, 5.74) is 5.98. The lowest BCUT2D eigenvalue weighted by Crippen LogP contribution is -2.48. The van der Waals surface area contributed by atoms with E-state index in [0.29, 0.717) is 0 Å². The van der Waals surface area contributed by atoms with Crippen LogP contribution < -0.4 is 5.32 Å². The highest BCUT2D eigenvalue weighted by Crippen LogP contribution is 2.44. The zero-order chi connectivity index (χ0) is 23.4. The van der Waals surface area contributed by atoms with Crippen molar-refractivity contribution in [1.82, 2.24) is 15.2 Å². The molecule has 1 heterocycles. The molecule has 4 rings (SSSR count). The number of benzene rings is 2. The minimum absolute atomic E-state index is 0.0740. The number of aromatic nitrogens is 1. The molecule has 3 aromatic rings. The fourth-order valence-electron chi connectivity index (χ4n) is 4.05. The van der Waals surface area contributed by atoms with Gasteiger partial charge >= 0.3 is 12.1 Å². The van der Waals surface area contributed by atoms with Crippen LogP contribution >= 0.6 is 11.3 Å². The molecule has 0 spiro atoms. The molecule has 1 unspecified atom stereocenters. The molecule has 170 valence electrons. The second-order valence-electron chi connectivity index (χ2n) is 7.78. The summed E-state index contributed by atoms with van der Waals surface area (Å²) in [6.45, 7) is 0.344. The van der Waals surface area contributed by atoms with E-state index < -0.39 is 30.4 Å². The van der Waals surface area contributed by atoms with Gasteiger partial charge in [-0.15, -0.1) is 11.3 Å². The topological polar surface area (TPSA) is 109 Å². The number of ether oxygens (including phenoxy) is 1. The second kappa shape index (κ2) is 9.83. The molecule has 2 amide bonds. The van der Waals surface area contributed by atoms with Crippen molar-refractivity contribution in [3.05, 3.63) is 76.2 Å². The van der Waals surface area contributed by atoms with Gasteiger partial charge in [-0.2, -0.15) is 0 Å². The molecular weight excluding hydrogens is 442 g/mol. The summed E-state index contributed by atoms with van der Waals surface area (Å²) < 4.78 is 5.47. The molecule has 0 saturated carbocycles. The number of nitrogens with zero attached hydrogens (tertiary/aromatic N) is 2. The van der Waals surface area contributed by atoms with Crippen molar-refractivity contribution in [2.45, 2.75) is 24.9 Å². The van der Waals surface area contributed by atoms with Crippen LogP contribution in [0.2, 0.25) is 0 Å². The number of hydrogen-bond acceptors (Lipinski definition) is 6. The first-order chi connectivity index (χ1) is 15.9. The van der Waals surface area contributed by atoms with Crippen LogP contribution in [0.3, 0.4) is 0 Å². The maximum atomic E-state index is 12.8. The number of carbonyl (C=O) groups is 3. The quantitative estimate of drug-likeness (QED) is 0.527. The van der Waals surface area contributed by atoms with Crippen molar-refractivity contribution in [1.29, 1.82) is 0 Å². The van der Waals surface area contributed by atoms with Gasteiger partial charge in [-0.1, -0.05) is 48.5 Å². The number of carboxylic acid groups (broad SMARTS) is 1. The van der Waals surface area contributed by atoms with Crippen molar-refractivity contribution < 1.29 is 24.2 Å². The lowest BCUT2D eigenvalue weighted by Gasteiger charge is -2.23. The fourth-order valence-corrected chi connectivity index (χ4v) is 4.70. The van der Waals surface area contributed by atoms with Crippen LogP contribution in [0, 0.1) is 0 Å². The average molecular weight is 466 g/mol. The van der Waals surface area contributed by atoms with E-state index in [-0.39, 0.29) is 19.1 Å². The maximum Gasteiger partial charge on any atom is 0.407 e. The smallest absolute Gasteiger partial charge is 0.407 e. The Labute approximate surface area is 194 Å². The molecule has 9 heteroatoms. The van der Waals surface area contributed by atoms with Crippen molar-refractivity contribution in [2.75, 3.05) is 13.7 Å². The third kappa shape index (κ3) is 5.04. The van der Waals surface area contributed by atoms with E-state index in [1.807, 2.05) is 48.5 Å². The Morgan fingerprint density at radius 2 is 1.76 bits per heavy atom. The Morgan fingerprint density at radius 1 is 1.12 bits per heavy atom. The lowest BCUT2D eigenvalue weighted by molar-refractivity contribution is -0.142. The van der Waals surface area contributed by atoms with Crippen molar-refractivity contribution in [2.24, 2.45) is 0 Å². The summed E-state index contributed by atoms with van der Waals surface area (Å²) in [6, 6.07) is 14.7. The first kappa shape index (κ1) is 22.5. The summed E-state index contributed by atoms with van der Waals surface area (Å²) in [7, 11) is 1.55. The highest BCUT2D eigenvalue weighted by Gasteiger charge is 2.31. The van der Waals surface area contributed by atoms with Crippen LogP contribution in [0.1, 0.15) is 28.3 Å². The van der Waals surface area contributed by atoms with Gasteiger partial charge in [0.15, 0.2) is 0 Å². The maximum absolute atomic E-state index is 12.8. The third-order valence-corrected chi connectivity index (χ3v) is 6.33. The van der Waals surface area contributed by atoms with E-state index in [0.717, 1.165) is 27.1 Å². The molecule has 0 fully saturated rings. The summed E-state index contributed by atoms with van der Waals surface area (Å²) in [5.74, 6) is -1.84. The number of alkyl carbamates (subject to hydrolysis) is 1. The molecule has 2 aromatic carbocycles. The highest BCUT2D eigenvalue weighted by atomic mass is 32.1. The number of nitrogens with one attached hydrogen (secondary N) is 1. The van der Waals surface area contributed by atoms with Gasteiger partial charge in [-0.05, 0) is 22.3 Å². The SMILES string of the molecule is CN(Cc1cncs1)C(=O)C(CC(=O)O)NC(=O)OCC1c2ccccc2-c2ccccc21. The molecule has 33 heavy (non-hydrogen) atoms. The normalized spacial score (nSPS) is 13.0. The molecule has 1 aromatic heterocycles. The first-order valence-electron chi connectivity index (χ1n) is 10.4. The molecular formula is C24H23N3O5S. The largest absolute Gasteiger partial charge is 0.481 e. The van der Waals surface area contributed by atoms with Crippen molar-refractivity contribution >= 4 is 29.3 Å². The molecule has 1 aliphatic rings. The predicted octanol–water partition coefficient (Wildman–Crippen LogP) is 3.48. The molecule has 2 N–H and O–H groups in total. The number of carboxylic acids is 1. The van der Waals surface area contributed by atoms with Gasteiger partial charge in [0.05, 0.1) is 18.5 Å². The van der Waals surface area contributed by atoms with E-state index >= 15 is 0 Å². The van der Waals surface area contributed by atoms with Gasteiger partial charge in [0.25, 0.3) is 0 Å². The van der Waals surface area contributed by atoms with Gasteiger partial charge in [0, 0.05) is 24.0 Å². The lowest BCUT2D eigenvalue weighted by atomic mass is 9.98. The van der Waals surface area contributed by atoms with Gasteiger partial charge in [0.2, 0.25) is 5.91 Å². The van der Waals surface area contributed by atoms with Gasteiger partial charge in [-0.25, -0.2) is 4.79 Å². The Morgan fingerprint density at radius 3 is 2.33 bits per heavy atom. The zero-order valence-corrected chi connectivity index (χ0v) is 18.7. The summed E-state index contributed by atoms with van der Waals surface area (Å²) in [5, 5.41) is 11.7. The molecule has 8 nitrogen and oxygen atoms in total. The third-order valence-electron chi connectivity index (χ3n) is 5.57. The number of fused-ring (bicyclic) bond motifs is 3. The number of hydrogen-bond donors (Lipinski definition) is 2. The number of thiazole rings is 1. The highest BCUT2D eigenvalue weighted by molar-refractivity contribution is 7.09. The number of carbonyl (C=O) groups excluding carboxylic acids is 2. The van der Waals surface area contributed by atoms with E-state index in [4.69, 9.17) is 4.74 Å². The minimum atomic E-state index is -1.24. The zero-order valence-electron chi connectivity index (χ0n) is 17.9. The van der Waals surface area contributed by atoms with Crippen LogP contribution in [0.4, 0.5) is 4.79 Å². The Hall–Kier alpha value is -3.72. The Bertz CT molecular complexity index is 1120. The van der Waals surface area contributed by atoms with Gasteiger partial charge < -0.3 is 20.1 Å². The minimum Gasteiger partial charge on any atom is -0.481 e. The molecule has 1 atom stereocenters. The Kier molecular flexibility index (Phi) is 6.69. The summed E-state index contributed by atoms with van der Waals surface area (Å²) >= 11 is 1.39. The summed E-state index contributed by atoms with van der Waals surface area (Å²) in [4.78, 5) is 42.8. The molecule has 0 aliphatic heterocycles. The number of amides is 2. The second-order valence-corrected chi connectivity index (χ2v) is 8.75. The van der Waals surface area contributed by atoms with E-state index in [9.17, 15) is 19.5 Å². The molecule has 0 radical (unpaired) electrons. The monoisotopic (exact) mass is 465 g/mol. The number of rotatable bonds is 8. The standard InChI is InChI=1S/C24H23N3O5S/c1-27(12-15-11-25-14-33-15)23(30)21(10-22(28)29)26-24(31)32-13-20-18-8-4-2-6-16(18)17-7-3-5-9-19(17)20/h2-9,11,14,20-21H,10,12-13H2,1H3,(H,26,31)(H,28,29). The van der Waals surface area contributed by atoms with E-state index in [2.05, 4.69) is 10.3 Å².